The minimum absolute atomic E-state index is 0.0920. The van der Waals surface area contributed by atoms with Gasteiger partial charge in [-0.3, -0.25) is 9.71 Å². The molecule has 2 N–H and O–H groups in total. The number of hydrogen-bond donors (Lipinski definition) is 2. The van der Waals surface area contributed by atoms with Crippen LogP contribution in [0.2, 0.25) is 0 Å². The summed E-state index contributed by atoms with van der Waals surface area (Å²) >= 11 is 0. The van der Waals surface area contributed by atoms with Crippen molar-refractivity contribution in [2.45, 2.75) is 11.8 Å². The zero-order valence-electron chi connectivity index (χ0n) is 11.8. The fourth-order valence-electron chi connectivity index (χ4n) is 1.83. The molecule has 112 valence electrons. The van der Waals surface area contributed by atoms with Gasteiger partial charge in [-0.05, 0) is 25.1 Å². The predicted molar refractivity (Wildman–Crippen MR) is 82.2 cm³/mol. The van der Waals surface area contributed by atoms with Gasteiger partial charge in [0.25, 0.3) is 10.0 Å². The molecule has 21 heavy (non-hydrogen) atoms. The minimum Gasteiger partial charge on any atom is -0.494 e. The topological polar surface area (TPSA) is 80.3 Å². The molecule has 0 spiro atoms. The summed E-state index contributed by atoms with van der Waals surface area (Å²) in [5.74, 6) is 0.609. The third-order valence-corrected chi connectivity index (χ3v) is 4.15. The lowest BCUT2D eigenvalue weighted by Crippen LogP contribution is -2.15. The monoisotopic (exact) mass is 307 g/mol. The third-order valence-electron chi connectivity index (χ3n) is 2.74. The van der Waals surface area contributed by atoms with Gasteiger partial charge < -0.3 is 10.1 Å². The van der Waals surface area contributed by atoms with Crippen molar-refractivity contribution in [1.29, 1.82) is 0 Å². The van der Waals surface area contributed by atoms with Crippen molar-refractivity contribution in [1.82, 2.24) is 4.98 Å². The first kappa shape index (κ1) is 15.1. The fraction of sp³-hybridized carbons (Fsp3) is 0.214. The summed E-state index contributed by atoms with van der Waals surface area (Å²) in [6.45, 7) is 2.38. The van der Waals surface area contributed by atoms with Crippen LogP contribution in [0.25, 0.3) is 0 Å². The molecule has 0 atom stereocenters. The number of pyridine rings is 1. The van der Waals surface area contributed by atoms with Gasteiger partial charge in [-0.15, -0.1) is 0 Å². The number of hydrogen-bond acceptors (Lipinski definition) is 5. The molecule has 0 bridgehead atoms. The number of aromatic nitrogens is 1. The van der Waals surface area contributed by atoms with Gasteiger partial charge in [-0.2, -0.15) is 0 Å². The number of nitrogens with one attached hydrogen (secondary N) is 2. The Hall–Kier alpha value is -2.28. The zero-order valence-corrected chi connectivity index (χ0v) is 12.6. The molecule has 0 amide bonds. The van der Waals surface area contributed by atoms with Gasteiger partial charge in [0.15, 0.2) is 0 Å². The summed E-state index contributed by atoms with van der Waals surface area (Å²) < 4.78 is 32.7. The molecule has 0 saturated heterocycles. The van der Waals surface area contributed by atoms with Crippen LogP contribution in [-0.2, 0) is 10.0 Å². The van der Waals surface area contributed by atoms with Gasteiger partial charge in [0.1, 0.15) is 10.6 Å². The van der Waals surface area contributed by atoms with E-state index in [-0.39, 0.29) is 4.90 Å². The molecule has 1 heterocycles. The Morgan fingerprint density at radius 3 is 2.81 bits per heavy atom. The molecule has 0 aliphatic carbocycles. The van der Waals surface area contributed by atoms with E-state index in [2.05, 4.69) is 15.0 Å². The van der Waals surface area contributed by atoms with Gasteiger partial charge in [-0.1, -0.05) is 6.07 Å². The smallest absolute Gasteiger partial charge is 0.265 e. The maximum absolute atomic E-state index is 12.4. The maximum atomic E-state index is 12.4. The molecular formula is C14H17N3O3S. The molecule has 2 rings (SSSR count). The van der Waals surface area contributed by atoms with Crippen LogP contribution in [0.3, 0.4) is 0 Å². The van der Waals surface area contributed by atoms with Crippen molar-refractivity contribution in [2.75, 3.05) is 23.7 Å². The molecule has 7 heteroatoms. The number of nitrogens with zero attached hydrogens (tertiary/aromatic N) is 1. The van der Waals surface area contributed by atoms with E-state index in [9.17, 15) is 8.42 Å². The van der Waals surface area contributed by atoms with Gasteiger partial charge in [0.05, 0.1) is 18.0 Å². The van der Waals surface area contributed by atoms with E-state index in [0.717, 1.165) is 0 Å². The first-order valence-electron chi connectivity index (χ1n) is 6.44. The van der Waals surface area contributed by atoms with Crippen LogP contribution in [0, 0.1) is 0 Å². The Bertz CT molecular complexity index is 717. The van der Waals surface area contributed by atoms with Gasteiger partial charge in [0, 0.05) is 25.5 Å². The molecule has 1 aromatic heterocycles. The number of anilines is 2. The van der Waals surface area contributed by atoms with E-state index in [1.165, 1.54) is 12.4 Å². The molecule has 0 aliphatic heterocycles. The van der Waals surface area contributed by atoms with Crippen molar-refractivity contribution < 1.29 is 13.2 Å². The Balaban J connectivity index is 2.31. The Morgan fingerprint density at radius 2 is 2.10 bits per heavy atom. The number of ether oxygens (including phenoxy) is 1. The molecule has 2 aromatic rings. The van der Waals surface area contributed by atoms with Gasteiger partial charge in [0.2, 0.25) is 0 Å². The second-order valence-electron chi connectivity index (χ2n) is 4.19. The number of rotatable bonds is 6. The normalized spacial score (nSPS) is 11.0. The van der Waals surface area contributed by atoms with Crippen LogP contribution in [0.4, 0.5) is 11.4 Å². The van der Waals surface area contributed by atoms with E-state index >= 15 is 0 Å². The molecule has 0 radical (unpaired) electrons. The lowest BCUT2D eigenvalue weighted by molar-refractivity contribution is 0.340. The summed E-state index contributed by atoms with van der Waals surface area (Å²) in [5.41, 5.74) is 0.922. The van der Waals surface area contributed by atoms with Crippen molar-refractivity contribution in [3.63, 3.8) is 0 Å². The highest BCUT2D eigenvalue weighted by atomic mass is 32.2. The summed E-state index contributed by atoms with van der Waals surface area (Å²) in [6.07, 6.45) is 2.83. The van der Waals surface area contributed by atoms with E-state index in [1.54, 1.807) is 37.4 Å². The molecule has 0 aliphatic rings. The molecule has 1 aromatic carbocycles. The van der Waals surface area contributed by atoms with Crippen molar-refractivity contribution >= 4 is 21.4 Å². The van der Waals surface area contributed by atoms with Crippen LogP contribution in [-0.4, -0.2) is 27.1 Å². The molecule has 0 saturated carbocycles. The van der Waals surface area contributed by atoms with Gasteiger partial charge in [-0.25, -0.2) is 8.42 Å². The Morgan fingerprint density at radius 1 is 1.29 bits per heavy atom. The molecular weight excluding hydrogens is 290 g/mol. The number of benzene rings is 1. The van der Waals surface area contributed by atoms with Crippen molar-refractivity contribution in [2.24, 2.45) is 0 Å². The second kappa shape index (κ2) is 6.45. The van der Waals surface area contributed by atoms with Crippen LogP contribution < -0.4 is 14.8 Å². The van der Waals surface area contributed by atoms with Crippen molar-refractivity contribution in [3.8, 4) is 5.75 Å². The average molecular weight is 307 g/mol. The lowest BCUT2D eigenvalue weighted by Gasteiger charge is -2.12. The van der Waals surface area contributed by atoms with Crippen molar-refractivity contribution in [3.05, 3.63) is 42.7 Å². The first-order chi connectivity index (χ1) is 10.1. The standard InChI is InChI=1S/C14H17N3O3S/c1-3-20-12-6-4-5-11(9-12)17-21(18,19)14-10-16-8-7-13(14)15-2/h4-10,17H,3H2,1-2H3,(H,15,16). The first-order valence-corrected chi connectivity index (χ1v) is 7.92. The van der Waals surface area contributed by atoms with Crippen LogP contribution in [0.15, 0.2) is 47.6 Å². The van der Waals surface area contributed by atoms with Crippen LogP contribution >= 0.6 is 0 Å². The number of sulfonamides is 1. The molecule has 0 unspecified atom stereocenters. The van der Waals surface area contributed by atoms with E-state index in [1.807, 2.05) is 6.92 Å². The summed E-state index contributed by atoms with van der Waals surface area (Å²) in [7, 11) is -2.06. The van der Waals surface area contributed by atoms with Gasteiger partial charge >= 0.3 is 0 Å². The zero-order chi connectivity index (χ0) is 15.3. The SMILES string of the molecule is CCOc1cccc(NS(=O)(=O)c2cnccc2NC)c1. The fourth-order valence-corrected chi connectivity index (χ4v) is 3.03. The third kappa shape index (κ3) is 3.63. The minimum atomic E-state index is -3.72. The van der Waals surface area contributed by atoms with E-state index < -0.39 is 10.0 Å². The van der Waals surface area contributed by atoms with E-state index in [4.69, 9.17) is 4.74 Å². The average Bonchev–Trinajstić information content (AvgIpc) is 2.47. The maximum Gasteiger partial charge on any atom is 0.265 e. The highest BCUT2D eigenvalue weighted by Gasteiger charge is 2.18. The highest BCUT2D eigenvalue weighted by molar-refractivity contribution is 7.92. The van der Waals surface area contributed by atoms with Crippen LogP contribution in [0.1, 0.15) is 6.92 Å². The lowest BCUT2D eigenvalue weighted by atomic mass is 10.3. The largest absolute Gasteiger partial charge is 0.494 e. The quantitative estimate of drug-likeness (QED) is 0.856. The predicted octanol–water partition coefficient (Wildman–Crippen LogP) is 2.32. The highest BCUT2D eigenvalue weighted by Crippen LogP contribution is 2.24. The van der Waals surface area contributed by atoms with Crippen LogP contribution in [0.5, 0.6) is 5.75 Å². The molecule has 6 nitrogen and oxygen atoms in total. The molecule has 0 fully saturated rings. The Kier molecular flexibility index (Phi) is 4.64. The summed E-state index contributed by atoms with van der Waals surface area (Å²) in [4.78, 5) is 3.96. The summed E-state index contributed by atoms with van der Waals surface area (Å²) in [5, 5.41) is 2.84. The van der Waals surface area contributed by atoms with E-state index in [0.29, 0.717) is 23.7 Å². The summed E-state index contributed by atoms with van der Waals surface area (Å²) in [6, 6.07) is 8.40. The second-order valence-corrected chi connectivity index (χ2v) is 5.84. The Labute approximate surface area is 124 Å².